The van der Waals surface area contributed by atoms with E-state index in [1.54, 1.807) is 6.92 Å². The highest BCUT2D eigenvalue weighted by Gasteiger charge is 2.37. The van der Waals surface area contributed by atoms with Crippen molar-refractivity contribution in [1.29, 1.82) is 0 Å². The second-order valence-corrected chi connectivity index (χ2v) is 8.52. The van der Waals surface area contributed by atoms with Gasteiger partial charge in [0, 0.05) is 22.8 Å². The Kier molecular flexibility index (Phi) is 6.85. The van der Waals surface area contributed by atoms with Crippen molar-refractivity contribution in [2.45, 2.75) is 20.8 Å². The van der Waals surface area contributed by atoms with Gasteiger partial charge in [0.25, 0.3) is 0 Å². The Morgan fingerprint density at radius 2 is 1.79 bits per heavy atom. The molecule has 0 saturated carbocycles. The van der Waals surface area contributed by atoms with E-state index in [2.05, 4.69) is 0 Å². The van der Waals surface area contributed by atoms with Gasteiger partial charge in [-0.2, -0.15) is 0 Å². The van der Waals surface area contributed by atoms with Crippen molar-refractivity contribution in [3.05, 3.63) is 0 Å². The summed E-state index contributed by atoms with van der Waals surface area (Å²) in [6.45, 7) is 4.59. The van der Waals surface area contributed by atoms with Gasteiger partial charge in [0.1, 0.15) is 15.3 Å². The average molecular weight is 312 g/mol. The zero-order valence-corrected chi connectivity index (χ0v) is 13.2. The number of carbonyl (C=O) groups is 2. The molecule has 0 heterocycles. The zero-order chi connectivity index (χ0) is 15.3. The van der Waals surface area contributed by atoms with Gasteiger partial charge in [0.05, 0.1) is 18.1 Å². The monoisotopic (exact) mass is 312 g/mol. The molecule has 0 bridgehead atoms. The van der Waals surface area contributed by atoms with E-state index in [4.69, 9.17) is 4.74 Å². The lowest BCUT2D eigenvalue weighted by atomic mass is 9.89. The molecule has 6 nitrogen and oxygen atoms in total. The Bertz CT molecular complexity index is 464. The fraction of sp³-hybridized carbons (Fsp3) is 0.818. The second-order valence-electron chi connectivity index (χ2n) is 4.69. The number of ketones is 1. The summed E-state index contributed by atoms with van der Waals surface area (Å²) in [6.07, 6.45) is 1.04. The van der Waals surface area contributed by atoms with Crippen molar-refractivity contribution >= 4 is 32.4 Å². The van der Waals surface area contributed by atoms with Gasteiger partial charge in [-0.1, -0.05) is 0 Å². The van der Waals surface area contributed by atoms with E-state index in [1.807, 2.05) is 0 Å². The Labute approximate surface area is 116 Å². The van der Waals surface area contributed by atoms with Gasteiger partial charge in [-0.25, -0.2) is 8.42 Å². The smallest absolute Gasteiger partial charge is 0.319 e. The molecule has 0 aliphatic heterocycles. The Morgan fingerprint density at radius 1 is 1.26 bits per heavy atom. The third-order valence-electron chi connectivity index (χ3n) is 2.46. The molecule has 0 aliphatic carbocycles. The topological polar surface area (TPSA) is 94.6 Å². The van der Waals surface area contributed by atoms with Crippen LogP contribution >= 0.6 is 0 Å². The van der Waals surface area contributed by atoms with Gasteiger partial charge in [-0.15, -0.1) is 0 Å². The van der Waals surface area contributed by atoms with E-state index in [0.29, 0.717) is 0 Å². The highest BCUT2D eigenvalue weighted by atomic mass is 32.2. The van der Waals surface area contributed by atoms with E-state index in [0.717, 1.165) is 6.26 Å². The normalized spacial score (nSPS) is 13.9. The molecule has 0 fully saturated rings. The summed E-state index contributed by atoms with van der Waals surface area (Å²) in [5.74, 6) is -1.88. The summed E-state index contributed by atoms with van der Waals surface area (Å²) in [7, 11) is -4.81. The molecule has 1 unspecified atom stereocenters. The van der Waals surface area contributed by atoms with Crippen LogP contribution in [0.1, 0.15) is 20.8 Å². The first kappa shape index (κ1) is 18.2. The Balaban J connectivity index is 4.52. The van der Waals surface area contributed by atoms with Crippen LogP contribution in [-0.2, 0) is 35.0 Å². The summed E-state index contributed by atoms with van der Waals surface area (Å²) < 4.78 is 38.2. The van der Waals surface area contributed by atoms with E-state index >= 15 is 0 Å². The lowest BCUT2D eigenvalue weighted by Gasteiger charge is -2.20. The first-order valence-corrected chi connectivity index (χ1v) is 9.28. The number of esters is 1. The molecule has 0 rings (SSSR count). The van der Waals surface area contributed by atoms with Gasteiger partial charge in [-0.3, -0.25) is 13.8 Å². The molecule has 1 atom stereocenters. The number of Topliss-reactive ketones (excluding diaryl/α,β-unsaturated/α-hetero) is 1. The number of hydrogen-bond acceptors (Lipinski definition) is 6. The van der Waals surface area contributed by atoms with Crippen molar-refractivity contribution in [1.82, 2.24) is 0 Å². The van der Waals surface area contributed by atoms with Crippen LogP contribution in [0.4, 0.5) is 0 Å². The third-order valence-corrected chi connectivity index (χ3v) is 4.90. The maximum absolute atomic E-state index is 11.9. The van der Waals surface area contributed by atoms with Crippen LogP contribution in [-0.4, -0.2) is 54.5 Å². The standard InChI is InChI=1S/C11H20O6S2/c1-5-17-10(13)11(2,3)9(12)8-18(14)6-7-19(4,15)16/h5-8H2,1-4H3. The lowest BCUT2D eigenvalue weighted by molar-refractivity contribution is -0.157. The molecule has 0 aromatic carbocycles. The minimum atomic E-state index is -3.21. The first-order valence-electron chi connectivity index (χ1n) is 5.74. The number of ether oxygens (including phenoxy) is 1. The lowest BCUT2D eigenvalue weighted by Crippen LogP contribution is -2.38. The molecule has 0 radical (unpaired) electrons. The average Bonchev–Trinajstić information content (AvgIpc) is 2.25. The Hall–Kier alpha value is -0.760. The van der Waals surface area contributed by atoms with E-state index in [-0.39, 0.29) is 23.9 Å². The van der Waals surface area contributed by atoms with E-state index < -0.39 is 37.8 Å². The van der Waals surface area contributed by atoms with Crippen molar-refractivity contribution in [2.75, 3.05) is 30.1 Å². The van der Waals surface area contributed by atoms with Crippen LogP contribution in [0.2, 0.25) is 0 Å². The van der Waals surface area contributed by atoms with Crippen molar-refractivity contribution in [3.8, 4) is 0 Å². The molecule has 0 aliphatic rings. The molecular weight excluding hydrogens is 292 g/mol. The molecule has 0 spiro atoms. The predicted molar refractivity (Wildman–Crippen MR) is 73.0 cm³/mol. The first-order chi connectivity index (χ1) is 8.50. The summed E-state index contributed by atoms with van der Waals surface area (Å²) in [5, 5.41) is 0. The van der Waals surface area contributed by atoms with Crippen LogP contribution in [0, 0.1) is 5.41 Å². The molecule has 0 saturated heterocycles. The fourth-order valence-electron chi connectivity index (χ4n) is 1.07. The van der Waals surface area contributed by atoms with Crippen LogP contribution in [0.5, 0.6) is 0 Å². The summed E-state index contributed by atoms with van der Waals surface area (Å²) >= 11 is 0. The molecule has 0 amide bonds. The molecule has 8 heteroatoms. The molecule has 112 valence electrons. The number of hydrogen-bond donors (Lipinski definition) is 0. The highest BCUT2D eigenvalue weighted by molar-refractivity contribution is 7.92. The van der Waals surface area contributed by atoms with Crippen molar-refractivity contribution < 1.29 is 27.0 Å². The SMILES string of the molecule is CCOC(=O)C(C)(C)C(=O)CS(=O)CCS(C)(=O)=O. The fourth-order valence-corrected chi connectivity index (χ4v) is 3.82. The van der Waals surface area contributed by atoms with Crippen LogP contribution in [0.3, 0.4) is 0 Å². The predicted octanol–water partition coefficient (Wildman–Crippen LogP) is -0.0619. The molecule has 0 aromatic heterocycles. The van der Waals surface area contributed by atoms with Crippen LogP contribution in [0.25, 0.3) is 0 Å². The van der Waals surface area contributed by atoms with Crippen molar-refractivity contribution in [3.63, 3.8) is 0 Å². The molecule has 19 heavy (non-hydrogen) atoms. The van der Waals surface area contributed by atoms with Gasteiger partial charge in [0.15, 0.2) is 5.78 Å². The minimum Gasteiger partial charge on any atom is -0.465 e. The summed E-state index contributed by atoms with van der Waals surface area (Å²) in [6, 6.07) is 0. The van der Waals surface area contributed by atoms with Gasteiger partial charge in [0.2, 0.25) is 0 Å². The van der Waals surface area contributed by atoms with Crippen LogP contribution in [0.15, 0.2) is 0 Å². The number of carbonyl (C=O) groups excluding carboxylic acids is 2. The molecule has 0 N–H and O–H groups in total. The minimum absolute atomic E-state index is 0.108. The third kappa shape index (κ3) is 6.81. The van der Waals surface area contributed by atoms with E-state index in [9.17, 15) is 22.2 Å². The number of rotatable bonds is 8. The number of sulfone groups is 1. The van der Waals surface area contributed by atoms with E-state index in [1.165, 1.54) is 13.8 Å². The second kappa shape index (κ2) is 7.14. The highest BCUT2D eigenvalue weighted by Crippen LogP contribution is 2.19. The largest absolute Gasteiger partial charge is 0.465 e. The molecule has 0 aromatic rings. The van der Waals surface area contributed by atoms with Gasteiger partial charge >= 0.3 is 5.97 Å². The van der Waals surface area contributed by atoms with Crippen LogP contribution < -0.4 is 0 Å². The molecular formula is C11H20O6S2. The zero-order valence-electron chi connectivity index (χ0n) is 11.6. The van der Waals surface area contributed by atoms with Gasteiger partial charge < -0.3 is 4.74 Å². The summed E-state index contributed by atoms with van der Waals surface area (Å²) in [5.41, 5.74) is -1.36. The Morgan fingerprint density at radius 3 is 2.21 bits per heavy atom. The maximum Gasteiger partial charge on any atom is 0.319 e. The maximum atomic E-state index is 11.9. The quantitative estimate of drug-likeness (QED) is 0.460. The van der Waals surface area contributed by atoms with Crippen molar-refractivity contribution in [2.24, 2.45) is 5.41 Å². The van der Waals surface area contributed by atoms with Gasteiger partial charge in [-0.05, 0) is 20.8 Å². The summed E-state index contributed by atoms with van der Waals surface area (Å²) in [4.78, 5) is 23.4.